The van der Waals surface area contributed by atoms with Crippen LogP contribution in [-0.4, -0.2) is 28.4 Å². The van der Waals surface area contributed by atoms with Crippen LogP contribution in [0.3, 0.4) is 0 Å². The quantitative estimate of drug-likeness (QED) is 0.806. The first kappa shape index (κ1) is 20.3. The predicted molar refractivity (Wildman–Crippen MR) is 103 cm³/mol. The molecule has 2 atom stereocenters. The average Bonchev–Trinajstić information content (AvgIpc) is 3.05. The van der Waals surface area contributed by atoms with Gasteiger partial charge in [-0.3, -0.25) is 9.69 Å². The Labute approximate surface area is 160 Å². The fourth-order valence-electron chi connectivity index (χ4n) is 3.61. The van der Waals surface area contributed by atoms with Gasteiger partial charge >= 0.3 is 0 Å². The van der Waals surface area contributed by atoms with Gasteiger partial charge in [-0.15, -0.1) is 12.4 Å². The van der Waals surface area contributed by atoms with Crippen LogP contribution in [0.25, 0.3) is 0 Å². The summed E-state index contributed by atoms with van der Waals surface area (Å²) in [5.74, 6) is -0.706. The van der Waals surface area contributed by atoms with E-state index in [-0.39, 0.29) is 36.3 Å². The van der Waals surface area contributed by atoms with Gasteiger partial charge < -0.3 is 5.73 Å². The standard InChI is InChI=1S/C20H24FN3O.ClH/c1-13(2)15-10-11-16(23-19(15)21)18(14-7-4-3-5-8-14)24-12-6-9-17(24)20(22)25;/h3-5,7-8,10-11,13,17-18H,6,9,12H2,1-2H3,(H2,22,25);1H/t17?,18-;/m0./s1. The minimum Gasteiger partial charge on any atom is -0.368 e. The number of halogens is 2. The van der Waals surface area contributed by atoms with Gasteiger partial charge in [0.05, 0.1) is 17.8 Å². The van der Waals surface area contributed by atoms with E-state index >= 15 is 0 Å². The van der Waals surface area contributed by atoms with E-state index in [2.05, 4.69) is 9.88 Å². The minimum absolute atomic E-state index is 0. The Bertz CT molecular complexity index is 754. The largest absolute Gasteiger partial charge is 0.368 e. The predicted octanol–water partition coefficient (Wildman–Crippen LogP) is 3.81. The van der Waals surface area contributed by atoms with Gasteiger partial charge in [-0.2, -0.15) is 4.39 Å². The summed E-state index contributed by atoms with van der Waals surface area (Å²) in [6.45, 7) is 4.62. The van der Waals surface area contributed by atoms with Gasteiger partial charge in [-0.05, 0) is 36.9 Å². The summed E-state index contributed by atoms with van der Waals surface area (Å²) in [6.07, 6.45) is 1.62. The first-order valence-corrected chi connectivity index (χ1v) is 8.75. The molecule has 1 aliphatic heterocycles. The highest BCUT2D eigenvalue weighted by atomic mass is 35.5. The molecule has 1 unspecified atom stereocenters. The number of aromatic nitrogens is 1. The topological polar surface area (TPSA) is 59.2 Å². The number of carbonyl (C=O) groups is 1. The van der Waals surface area contributed by atoms with Crippen LogP contribution < -0.4 is 5.73 Å². The third-order valence-electron chi connectivity index (χ3n) is 4.87. The number of rotatable bonds is 5. The third kappa shape index (κ3) is 4.05. The molecule has 1 amide bonds. The maximum atomic E-state index is 14.5. The Morgan fingerprint density at radius 2 is 1.92 bits per heavy atom. The Kier molecular flexibility index (Phi) is 6.73. The van der Waals surface area contributed by atoms with E-state index in [1.165, 1.54) is 0 Å². The summed E-state index contributed by atoms with van der Waals surface area (Å²) in [5, 5.41) is 0. The Balaban J connectivity index is 0.00000243. The Hall–Kier alpha value is -1.98. The monoisotopic (exact) mass is 377 g/mol. The van der Waals surface area contributed by atoms with Crippen LogP contribution in [0.15, 0.2) is 42.5 Å². The molecule has 2 aromatic rings. The van der Waals surface area contributed by atoms with Gasteiger partial charge in [0.1, 0.15) is 0 Å². The molecule has 2 N–H and O–H groups in total. The van der Waals surface area contributed by atoms with Gasteiger partial charge in [0, 0.05) is 5.56 Å². The van der Waals surface area contributed by atoms with E-state index in [0.717, 1.165) is 24.9 Å². The Morgan fingerprint density at radius 3 is 2.50 bits per heavy atom. The second-order valence-electron chi connectivity index (χ2n) is 6.88. The van der Waals surface area contributed by atoms with E-state index in [9.17, 15) is 9.18 Å². The van der Waals surface area contributed by atoms with Crippen molar-refractivity contribution in [3.8, 4) is 0 Å². The number of nitrogens with zero attached hydrogens (tertiary/aromatic N) is 2. The minimum atomic E-state index is -0.441. The van der Waals surface area contributed by atoms with Crippen molar-refractivity contribution in [1.29, 1.82) is 0 Å². The number of carbonyl (C=O) groups excluding carboxylic acids is 1. The van der Waals surface area contributed by atoms with Crippen LogP contribution in [0.5, 0.6) is 0 Å². The third-order valence-corrected chi connectivity index (χ3v) is 4.87. The molecule has 0 bridgehead atoms. The van der Waals surface area contributed by atoms with E-state index in [1.54, 1.807) is 6.07 Å². The summed E-state index contributed by atoms with van der Waals surface area (Å²) in [6, 6.07) is 12.8. The number of likely N-dealkylation sites (tertiary alicyclic amines) is 1. The van der Waals surface area contributed by atoms with Crippen molar-refractivity contribution in [2.75, 3.05) is 6.54 Å². The smallest absolute Gasteiger partial charge is 0.234 e. The maximum Gasteiger partial charge on any atom is 0.234 e. The first-order valence-electron chi connectivity index (χ1n) is 8.75. The molecular weight excluding hydrogens is 353 g/mol. The summed E-state index contributed by atoms with van der Waals surface area (Å²) < 4.78 is 14.5. The number of pyridine rings is 1. The lowest BCUT2D eigenvalue weighted by molar-refractivity contribution is -0.122. The van der Waals surface area contributed by atoms with Crippen LogP contribution in [0.4, 0.5) is 4.39 Å². The molecular formula is C20H25ClFN3O. The van der Waals surface area contributed by atoms with E-state index in [0.29, 0.717) is 11.3 Å². The van der Waals surface area contributed by atoms with Crippen LogP contribution in [0.1, 0.15) is 55.5 Å². The second-order valence-corrected chi connectivity index (χ2v) is 6.88. The molecule has 1 fully saturated rings. The molecule has 0 saturated carbocycles. The second kappa shape index (κ2) is 8.60. The number of amides is 1. The van der Waals surface area contributed by atoms with Crippen molar-refractivity contribution >= 4 is 18.3 Å². The van der Waals surface area contributed by atoms with Gasteiger partial charge in [0.2, 0.25) is 11.9 Å². The summed E-state index contributed by atoms with van der Waals surface area (Å²) in [4.78, 5) is 18.2. The molecule has 26 heavy (non-hydrogen) atoms. The van der Waals surface area contributed by atoms with Crippen LogP contribution >= 0.6 is 12.4 Å². The van der Waals surface area contributed by atoms with Crippen molar-refractivity contribution in [2.24, 2.45) is 5.73 Å². The Morgan fingerprint density at radius 1 is 1.23 bits per heavy atom. The zero-order chi connectivity index (χ0) is 18.0. The normalized spacial score (nSPS) is 18.5. The maximum absolute atomic E-state index is 14.5. The number of hydrogen-bond acceptors (Lipinski definition) is 3. The van der Waals surface area contributed by atoms with Gasteiger partial charge in [0.15, 0.2) is 0 Å². The number of benzene rings is 1. The molecule has 3 rings (SSSR count). The molecule has 0 aliphatic carbocycles. The molecule has 140 valence electrons. The van der Waals surface area contributed by atoms with E-state index < -0.39 is 5.95 Å². The fraction of sp³-hybridized carbons (Fsp3) is 0.400. The van der Waals surface area contributed by atoms with Crippen molar-refractivity contribution in [3.63, 3.8) is 0 Å². The summed E-state index contributed by atoms with van der Waals surface area (Å²) >= 11 is 0. The number of hydrogen-bond donors (Lipinski definition) is 1. The highest BCUT2D eigenvalue weighted by Gasteiger charge is 2.36. The lowest BCUT2D eigenvalue weighted by Crippen LogP contribution is -2.43. The van der Waals surface area contributed by atoms with Gasteiger partial charge in [0.25, 0.3) is 0 Å². The van der Waals surface area contributed by atoms with Crippen LogP contribution in [-0.2, 0) is 4.79 Å². The number of primary amides is 1. The summed E-state index contributed by atoms with van der Waals surface area (Å²) in [7, 11) is 0. The zero-order valence-corrected chi connectivity index (χ0v) is 15.9. The molecule has 1 aromatic heterocycles. The zero-order valence-electron chi connectivity index (χ0n) is 15.1. The molecule has 6 heteroatoms. The molecule has 1 aromatic carbocycles. The molecule has 0 spiro atoms. The fourth-order valence-corrected chi connectivity index (χ4v) is 3.61. The first-order chi connectivity index (χ1) is 12.0. The van der Waals surface area contributed by atoms with Crippen molar-refractivity contribution in [3.05, 3.63) is 65.2 Å². The summed E-state index contributed by atoms with van der Waals surface area (Å²) in [5.41, 5.74) is 7.80. The van der Waals surface area contributed by atoms with Crippen molar-refractivity contribution in [2.45, 2.75) is 44.7 Å². The van der Waals surface area contributed by atoms with Crippen LogP contribution in [0, 0.1) is 5.95 Å². The molecule has 0 radical (unpaired) electrons. The van der Waals surface area contributed by atoms with Crippen LogP contribution in [0.2, 0.25) is 0 Å². The van der Waals surface area contributed by atoms with Gasteiger partial charge in [-0.1, -0.05) is 50.2 Å². The van der Waals surface area contributed by atoms with E-state index in [1.807, 2.05) is 50.2 Å². The molecule has 1 aliphatic rings. The molecule has 2 heterocycles. The lowest BCUT2D eigenvalue weighted by atomic mass is 9.98. The lowest BCUT2D eigenvalue weighted by Gasteiger charge is -2.32. The SMILES string of the molecule is CC(C)c1ccc([C@H](c2ccccc2)N2CCCC2C(N)=O)nc1F.Cl. The van der Waals surface area contributed by atoms with Gasteiger partial charge in [-0.25, -0.2) is 4.98 Å². The van der Waals surface area contributed by atoms with Crippen molar-refractivity contribution < 1.29 is 9.18 Å². The molecule has 1 saturated heterocycles. The van der Waals surface area contributed by atoms with E-state index in [4.69, 9.17) is 5.73 Å². The molecule has 4 nitrogen and oxygen atoms in total. The average molecular weight is 378 g/mol. The highest BCUT2D eigenvalue weighted by Crippen LogP contribution is 2.34. The highest BCUT2D eigenvalue weighted by molar-refractivity contribution is 5.85. The number of nitrogens with two attached hydrogens (primary N) is 1. The van der Waals surface area contributed by atoms with Crippen molar-refractivity contribution in [1.82, 2.24) is 9.88 Å².